The molecule has 2 aromatic rings. The molecule has 0 amide bonds. The van der Waals surface area contributed by atoms with Crippen molar-refractivity contribution in [2.45, 2.75) is 50.7 Å². The second-order valence-electron chi connectivity index (χ2n) is 6.17. The monoisotopic (exact) mass is 288 g/mol. The van der Waals surface area contributed by atoms with E-state index in [2.05, 4.69) is 39.5 Å². The quantitative estimate of drug-likeness (QED) is 0.922. The van der Waals surface area contributed by atoms with Gasteiger partial charge in [0.05, 0.1) is 10.2 Å². The molecule has 2 aromatic heterocycles. The molecular weight excluding hydrogens is 268 g/mol. The minimum absolute atomic E-state index is 0.606. The number of rotatable bonds is 2. The summed E-state index contributed by atoms with van der Waals surface area (Å²) in [5.41, 5.74) is 2.37. The molecule has 106 valence electrons. The molecule has 4 nitrogen and oxygen atoms in total. The lowest BCUT2D eigenvalue weighted by atomic mass is 9.98. The minimum Gasteiger partial charge on any atom is -0.355 e. The van der Waals surface area contributed by atoms with Crippen molar-refractivity contribution in [1.82, 2.24) is 15.3 Å². The van der Waals surface area contributed by atoms with Gasteiger partial charge in [0.15, 0.2) is 0 Å². The summed E-state index contributed by atoms with van der Waals surface area (Å²) >= 11 is 1.77. The lowest BCUT2D eigenvalue weighted by Crippen LogP contribution is -2.47. The number of thiophene rings is 1. The van der Waals surface area contributed by atoms with Gasteiger partial charge < -0.3 is 10.2 Å². The van der Waals surface area contributed by atoms with Gasteiger partial charge in [0.25, 0.3) is 0 Å². The van der Waals surface area contributed by atoms with E-state index in [0.717, 1.165) is 11.3 Å². The first kappa shape index (κ1) is 12.5. The molecule has 0 radical (unpaired) electrons. The molecule has 2 aliphatic heterocycles. The number of aromatic nitrogens is 2. The molecule has 2 aliphatic rings. The summed E-state index contributed by atoms with van der Waals surface area (Å²) in [5.74, 6) is 1.11. The molecule has 2 bridgehead atoms. The maximum atomic E-state index is 4.57. The third kappa shape index (κ3) is 1.91. The normalized spacial score (nSPS) is 29.0. The minimum atomic E-state index is 0.606. The Kier molecular flexibility index (Phi) is 2.93. The highest BCUT2D eigenvalue weighted by atomic mass is 32.1. The van der Waals surface area contributed by atoms with E-state index >= 15 is 0 Å². The van der Waals surface area contributed by atoms with Gasteiger partial charge in [-0.15, -0.1) is 11.3 Å². The lowest BCUT2D eigenvalue weighted by molar-refractivity contribution is 0.354. The summed E-state index contributed by atoms with van der Waals surface area (Å²) in [6.07, 6.45) is 6.87. The van der Waals surface area contributed by atoms with E-state index in [-0.39, 0.29) is 0 Å². The Labute approximate surface area is 123 Å². The Morgan fingerprint density at radius 2 is 2.00 bits per heavy atom. The summed E-state index contributed by atoms with van der Waals surface area (Å²) in [6.45, 7) is 2.13. The topological polar surface area (TPSA) is 41.0 Å². The van der Waals surface area contributed by atoms with Gasteiger partial charge >= 0.3 is 0 Å². The third-order valence-corrected chi connectivity index (χ3v) is 5.93. The SMILES string of the molecule is Cc1csc2c(N(C)C3CC4CCC(C3)N4)ncnc12. The van der Waals surface area contributed by atoms with Crippen LogP contribution in [0.1, 0.15) is 31.2 Å². The molecular formula is C15H20N4S. The molecule has 1 N–H and O–H groups in total. The highest BCUT2D eigenvalue weighted by Gasteiger charge is 2.35. The van der Waals surface area contributed by atoms with Crippen LogP contribution in [0.4, 0.5) is 5.82 Å². The molecule has 0 aliphatic carbocycles. The first-order valence-corrected chi connectivity index (χ1v) is 8.28. The predicted molar refractivity (Wildman–Crippen MR) is 83.5 cm³/mol. The van der Waals surface area contributed by atoms with Gasteiger partial charge in [-0.05, 0) is 43.6 Å². The van der Waals surface area contributed by atoms with Crippen molar-refractivity contribution in [1.29, 1.82) is 0 Å². The van der Waals surface area contributed by atoms with Crippen molar-refractivity contribution in [3.05, 3.63) is 17.3 Å². The fourth-order valence-electron chi connectivity index (χ4n) is 3.72. The van der Waals surface area contributed by atoms with Gasteiger partial charge in [-0.1, -0.05) is 0 Å². The standard InChI is InChI=1S/C15H20N4S/c1-9-7-20-14-13(9)16-8-17-15(14)19(2)12-5-10-3-4-11(6-12)18-10/h7-8,10-12,18H,3-6H2,1-2H3. The molecule has 4 rings (SSSR count). The van der Waals surface area contributed by atoms with Gasteiger partial charge in [-0.3, -0.25) is 0 Å². The van der Waals surface area contributed by atoms with Crippen LogP contribution in [0.5, 0.6) is 0 Å². The molecule has 2 unspecified atom stereocenters. The van der Waals surface area contributed by atoms with E-state index in [1.807, 2.05) is 0 Å². The van der Waals surface area contributed by atoms with Crippen LogP contribution in [0, 0.1) is 6.92 Å². The Morgan fingerprint density at radius 1 is 1.25 bits per heavy atom. The maximum absolute atomic E-state index is 4.57. The lowest BCUT2D eigenvalue weighted by Gasteiger charge is -2.36. The van der Waals surface area contributed by atoms with Crippen LogP contribution in [-0.4, -0.2) is 35.1 Å². The average Bonchev–Trinajstić information content (AvgIpc) is 3.01. The van der Waals surface area contributed by atoms with E-state index < -0.39 is 0 Å². The molecule has 2 atom stereocenters. The Balaban J connectivity index is 1.68. The van der Waals surface area contributed by atoms with Crippen LogP contribution in [0.15, 0.2) is 11.7 Å². The predicted octanol–water partition coefficient (Wildman–Crippen LogP) is 2.72. The van der Waals surface area contributed by atoms with E-state index in [0.29, 0.717) is 18.1 Å². The summed E-state index contributed by atoms with van der Waals surface area (Å²) in [6, 6.07) is 2.03. The van der Waals surface area contributed by atoms with Crippen LogP contribution in [-0.2, 0) is 0 Å². The van der Waals surface area contributed by atoms with E-state index in [1.165, 1.54) is 35.9 Å². The van der Waals surface area contributed by atoms with Gasteiger partial charge in [0, 0.05) is 25.2 Å². The number of piperidine rings is 1. The van der Waals surface area contributed by atoms with E-state index in [9.17, 15) is 0 Å². The van der Waals surface area contributed by atoms with Crippen LogP contribution < -0.4 is 10.2 Å². The van der Waals surface area contributed by atoms with Crippen LogP contribution in [0.3, 0.4) is 0 Å². The molecule has 0 saturated carbocycles. The first-order valence-electron chi connectivity index (χ1n) is 7.40. The molecule has 0 aromatic carbocycles. The van der Waals surface area contributed by atoms with Gasteiger partial charge in [-0.25, -0.2) is 9.97 Å². The second kappa shape index (κ2) is 4.67. The smallest absolute Gasteiger partial charge is 0.150 e. The zero-order valence-electron chi connectivity index (χ0n) is 12.0. The summed E-state index contributed by atoms with van der Waals surface area (Å²) in [5, 5.41) is 5.89. The number of hydrogen-bond donors (Lipinski definition) is 1. The Hall–Kier alpha value is -1.20. The number of fused-ring (bicyclic) bond motifs is 3. The van der Waals surface area contributed by atoms with Crippen molar-refractivity contribution < 1.29 is 0 Å². The number of anilines is 1. The molecule has 20 heavy (non-hydrogen) atoms. The second-order valence-corrected chi connectivity index (χ2v) is 7.05. The third-order valence-electron chi connectivity index (χ3n) is 4.84. The number of aryl methyl sites for hydroxylation is 1. The average molecular weight is 288 g/mol. The highest BCUT2D eigenvalue weighted by molar-refractivity contribution is 7.18. The number of nitrogens with zero attached hydrogens (tertiary/aromatic N) is 3. The summed E-state index contributed by atoms with van der Waals surface area (Å²) in [7, 11) is 2.20. The zero-order chi connectivity index (χ0) is 13.7. The largest absolute Gasteiger partial charge is 0.355 e. The fourth-order valence-corrected chi connectivity index (χ4v) is 4.76. The van der Waals surface area contributed by atoms with E-state index in [4.69, 9.17) is 0 Å². The Morgan fingerprint density at radius 3 is 2.75 bits per heavy atom. The van der Waals surface area contributed by atoms with Gasteiger partial charge in [-0.2, -0.15) is 0 Å². The van der Waals surface area contributed by atoms with Crippen molar-refractivity contribution in [2.24, 2.45) is 0 Å². The number of nitrogens with one attached hydrogen (secondary N) is 1. The fraction of sp³-hybridized carbons (Fsp3) is 0.600. The first-order chi connectivity index (χ1) is 9.72. The number of hydrogen-bond acceptors (Lipinski definition) is 5. The van der Waals surface area contributed by atoms with Crippen LogP contribution in [0.25, 0.3) is 10.2 Å². The van der Waals surface area contributed by atoms with Crippen molar-refractivity contribution in [3.8, 4) is 0 Å². The van der Waals surface area contributed by atoms with E-state index in [1.54, 1.807) is 17.7 Å². The molecule has 5 heteroatoms. The van der Waals surface area contributed by atoms with Crippen molar-refractivity contribution >= 4 is 27.4 Å². The van der Waals surface area contributed by atoms with Crippen molar-refractivity contribution in [3.63, 3.8) is 0 Å². The zero-order valence-corrected chi connectivity index (χ0v) is 12.8. The van der Waals surface area contributed by atoms with Gasteiger partial charge in [0.2, 0.25) is 0 Å². The van der Waals surface area contributed by atoms with Crippen molar-refractivity contribution in [2.75, 3.05) is 11.9 Å². The van der Waals surface area contributed by atoms with Crippen LogP contribution in [0.2, 0.25) is 0 Å². The summed E-state index contributed by atoms with van der Waals surface area (Å²) < 4.78 is 1.23. The molecule has 2 fully saturated rings. The molecule has 2 saturated heterocycles. The molecule has 0 spiro atoms. The highest BCUT2D eigenvalue weighted by Crippen LogP contribution is 2.35. The Bertz CT molecular complexity index is 626. The maximum Gasteiger partial charge on any atom is 0.150 e. The van der Waals surface area contributed by atoms with Gasteiger partial charge in [0.1, 0.15) is 12.1 Å². The summed E-state index contributed by atoms with van der Waals surface area (Å²) in [4.78, 5) is 11.4. The van der Waals surface area contributed by atoms with Crippen LogP contribution >= 0.6 is 11.3 Å². The molecule has 4 heterocycles.